The highest BCUT2D eigenvalue weighted by Gasteiger charge is 2.11. The maximum absolute atomic E-state index is 11.2. The van der Waals surface area contributed by atoms with E-state index in [4.69, 9.17) is 28.3 Å². The van der Waals surface area contributed by atoms with E-state index in [2.05, 4.69) is 5.32 Å². The quantitative estimate of drug-likeness (QED) is 0.845. The minimum atomic E-state index is -0.271. The number of carbonyl (C=O) groups excluding carboxylic acids is 1. The van der Waals surface area contributed by atoms with Crippen molar-refractivity contribution in [2.45, 2.75) is 0 Å². The standard InChI is InChI=1S/C7H7Cl2NO2S/c8-4-3-5(13-6(4)9)7(12)10-1-2-11/h3,11H,1-2H2,(H,10,12). The molecule has 0 aliphatic rings. The third kappa shape index (κ3) is 2.84. The van der Waals surface area contributed by atoms with Gasteiger partial charge in [0.2, 0.25) is 0 Å². The van der Waals surface area contributed by atoms with Crippen molar-refractivity contribution in [1.82, 2.24) is 5.32 Å². The predicted octanol–water partition coefficient (Wildman–Crippen LogP) is 1.78. The number of aliphatic hydroxyl groups is 1. The van der Waals surface area contributed by atoms with Crippen LogP contribution in [0.15, 0.2) is 6.07 Å². The molecule has 0 saturated carbocycles. The molecular formula is C7H7Cl2NO2S. The molecule has 0 saturated heterocycles. The predicted molar refractivity (Wildman–Crippen MR) is 53.8 cm³/mol. The van der Waals surface area contributed by atoms with Crippen LogP contribution < -0.4 is 5.32 Å². The van der Waals surface area contributed by atoms with E-state index in [0.717, 1.165) is 11.3 Å². The van der Waals surface area contributed by atoms with Crippen LogP contribution in [0.1, 0.15) is 9.67 Å². The molecule has 0 radical (unpaired) electrons. The Morgan fingerprint density at radius 2 is 2.31 bits per heavy atom. The van der Waals surface area contributed by atoms with Crippen molar-refractivity contribution in [2.75, 3.05) is 13.2 Å². The molecule has 0 aromatic carbocycles. The first-order valence-electron chi connectivity index (χ1n) is 3.49. The summed E-state index contributed by atoms with van der Waals surface area (Å²) in [5.41, 5.74) is 0. The topological polar surface area (TPSA) is 49.3 Å². The number of halogens is 2. The van der Waals surface area contributed by atoms with E-state index in [9.17, 15) is 4.79 Å². The fraction of sp³-hybridized carbons (Fsp3) is 0.286. The monoisotopic (exact) mass is 239 g/mol. The zero-order chi connectivity index (χ0) is 9.84. The molecule has 6 heteroatoms. The van der Waals surface area contributed by atoms with Crippen molar-refractivity contribution < 1.29 is 9.90 Å². The number of aliphatic hydroxyl groups excluding tert-OH is 1. The second kappa shape index (κ2) is 4.81. The van der Waals surface area contributed by atoms with Crippen molar-refractivity contribution in [1.29, 1.82) is 0 Å². The molecule has 0 atom stereocenters. The fourth-order valence-corrected chi connectivity index (χ4v) is 2.00. The smallest absolute Gasteiger partial charge is 0.261 e. The van der Waals surface area contributed by atoms with Crippen molar-refractivity contribution in [3.05, 3.63) is 20.3 Å². The highest BCUT2D eigenvalue weighted by atomic mass is 35.5. The summed E-state index contributed by atoms with van der Waals surface area (Å²) in [7, 11) is 0. The SMILES string of the molecule is O=C(NCCO)c1cc(Cl)c(Cl)s1. The number of thiophene rings is 1. The molecule has 3 nitrogen and oxygen atoms in total. The number of nitrogens with one attached hydrogen (secondary N) is 1. The lowest BCUT2D eigenvalue weighted by Gasteiger charge is -1.98. The number of hydrogen-bond donors (Lipinski definition) is 2. The molecule has 0 aliphatic carbocycles. The number of hydrogen-bond acceptors (Lipinski definition) is 3. The summed E-state index contributed by atoms with van der Waals surface area (Å²) in [6.07, 6.45) is 0. The van der Waals surface area contributed by atoms with E-state index in [1.807, 2.05) is 0 Å². The molecule has 0 spiro atoms. The Morgan fingerprint density at radius 3 is 2.77 bits per heavy atom. The highest BCUT2D eigenvalue weighted by Crippen LogP contribution is 2.31. The second-order valence-corrected chi connectivity index (χ2v) is 4.27. The third-order valence-electron chi connectivity index (χ3n) is 1.27. The van der Waals surface area contributed by atoms with Crippen LogP contribution in [0.4, 0.5) is 0 Å². The van der Waals surface area contributed by atoms with E-state index < -0.39 is 0 Å². The van der Waals surface area contributed by atoms with Crippen LogP contribution in [0, 0.1) is 0 Å². The average Bonchev–Trinajstić information content (AvgIpc) is 2.43. The third-order valence-corrected chi connectivity index (χ3v) is 3.13. The molecule has 72 valence electrons. The average molecular weight is 240 g/mol. The first kappa shape index (κ1) is 10.8. The van der Waals surface area contributed by atoms with Gasteiger partial charge < -0.3 is 10.4 Å². The van der Waals surface area contributed by atoms with Crippen molar-refractivity contribution in [2.24, 2.45) is 0 Å². The maximum Gasteiger partial charge on any atom is 0.261 e. The molecular weight excluding hydrogens is 233 g/mol. The number of rotatable bonds is 3. The lowest BCUT2D eigenvalue weighted by Crippen LogP contribution is -2.25. The lowest BCUT2D eigenvalue weighted by molar-refractivity contribution is 0.0949. The fourth-order valence-electron chi connectivity index (χ4n) is 0.715. The maximum atomic E-state index is 11.2. The van der Waals surface area contributed by atoms with Crippen molar-refractivity contribution >= 4 is 40.4 Å². The van der Waals surface area contributed by atoms with E-state index in [0.29, 0.717) is 14.2 Å². The Morgan fingerprint density at radius 1 is 1.62 bits per heavy atom. The van der Waals surface area contributed by atoms with Gasteiger partial charge in [-0.1, -0.05) is 23.2 Å². The van der Waals surface area contributed by atoms with Gasteiger partial charge in [0.1, 0.15) is 4.34 Å². The van der Waals surface area contributed by atoms with Crippen LogP contribution in [0.3, 0.4) is 0 Å². The first-order chi connectivity index (χ1) is 6.15. The molecule has 1 aromatic heterocycles. The van der Waals surface area contributed by atoms with E-state index in [1.165, 1.54) is 6.07 Å². The van der Waals surface area contributed by atoms with Gasteiger partial charge in [-0.25, -0.2) is 0 Å². The molecule has 0 fully saturated rings. The van der Waals surface area contributed by atoms with Gasteiger partial charge in [-0.2, -0.15) is 0 Å². The number of carbonyl (C=O) groups is 1. The lowest BCUT2D eigenvalue weighted by atomic mass is 10.4. The van der Waals surface area contributed by atoms with E-state index in [-0.39, 0.29) is 19.1 Å². The second-order valence-electron chi connectivity index (χ2n) is 2.21. The van der Waals surface area contributed by atoms with Crippen molar-refractivity contribution in [3.63, 3.8) is 0 Å². The van der Waals surface area contributed by atoms with Crippen LogP contribution in [0.2, 0.25) is 9.36 Å². The summed E-state index contributed by atoms with van der Waals surface area (Å²) in [6, 6.07) is 1.50. The minimum absolute atomic E-state index is 0.0847. The molecule has 13 heavy (non-hydrogen) atoms. The van der Waals surface area contributed by atoms with Crippen molar-refractivity contribution in [3.8, 4) is 0 Å². The summed E-state index contributed by atoms with van der Waals surface area (Å²) in [4.78, 5) is 11.7. The highest BCUT2D eigenvalue weighted by molar-refractivity contribution is 7.18. The van der Waals surface area contributed by atoms with E-state index >= 15 is 0 Å². The zero-order valence-corrected chi connectivity index (χ0v) is 8.84. The van der Waals surface area contributed by atoms with Gasteiger partial charge in [0, 0.05) is 6.54 Å². The molecule has 1 rings (SSSR count). The molecule has 0 unspecified atom stereocenters. The van der Waals surface area contributed by atoms with Gasteiger partial charge in [0.15, 0.2) is 0 Å². The van der Waals surface area contributed by atoms with Gasteiger partial charge in [0.05, 0.1) is 16.5 Å². The summed E-state index contributed by atoms with van der Waals surface area (Å²) < 4.78 is 0.399. The Balaban J connectivity index is 2.66. The molecule has 1 heterocycles. The molecule has 1 amide bonds. The van der Waals surface area contributed by atoms with Gasteiger partial charge in [-0.05, 0) is 6.07 Å². The van der Waals surface area contributed by atoms with Crippen LogP contribution in [-0.4, -0.2) is 24.2 Å². The normalized spacial score (nSPS) is 10.1. The molecule has 0 aliphatic heterocycles. The first-order valence-corrected chi connectivity index (χ1v) is 5.06. The Bertz CT molecular complexity index is 294. The zero-order valence-electron chi connectivity index (χ0n) is 6.51. The molecule has 1 aromatic rings. The summed E-state index contributed by atoms with van der Waals surface area (Å²) in [5.74, 6) is -0.271. The summed E-state index contributed by atoms with van der Waals surface area (Å²) >= 11 is 12.4. The van der Waals surface area contributed by atoms with E-state index in [1.54, 1.807) is 0 Å². The minimum Gasteiger partial charge on any atom is -0.395 e. The molecule has 0 bridgehead atoms. The van der Waals surface area contributed by atoms with Gasteiger partial charge in [-0.3, -0.25) is 4.79 Å². The largest absolute Gasteiger partial charge is 0.395 e. The van der Waals surface area contributed by atoms with Crippen LogP contribution in [0.25, 0.3) is 0 Å². The Kier molecular flexibility index (Phi) is 3.99. The Labute approximate surface area is 89.3 Å². The summed E-state index contributed by atoms with van der Waals surface area (Å²) in [6.45, 7) is 0.143. The van der Waals surface area contributed by atoms with Crippen LogP contribution in [-0.2, 0) is 0 Å². The van der Waals surface area contributed by atoms with Gasteiger partial charge in [0.25, 0.3) is 5.91 Å². The van der Waals surface area contributed by atoms with Crippen LogP contribution in [0.5, 0.6) is 0 Å². The Hall–Kier alpha value is -0.290. The summed E-state index contributed by atoms with van der Waals surface area (Å²) in [5, 5.41) is 11.3. The van der Waals surface area contributed by atoms with Gasteiger partial charge >= 0.3 is 0 Å². The molecule has 2 N–H and O–H groups in total. The van der Waals surface area contributed by atoms with Crippen LogP contribution >= 0.6 is 34.5 Å². The number of amides is 1. The van der Waals surface area contributed by atoms with Gasteiger partial charge in [-0.15, -0.1) is 11.3 Å².